The second-order valence-corrected chi connectivity index (χ2v) is 13.1. The number of benzene rings is 2. The third-order valence-electron chi connectivity index (χ3n) is 7.81. The lowest BCUT2D eigenvalue weighted by Crippen LogP contribution is -2.20. The molecule has 44 heavy (non-hydrogen) atoms. The number of halogens is 4. The third kappa shape index (κ3) is 5.78. The van der Waals surface area contributed by atoms with E-state index in [2.05, 4.69) is 9.97 Å². The van der Waals surface area contributed by atoms with Gasteiger partial charge >= 0.3 is 6.16 Å². The molecule has 0 amide bonds. The molecule has 0 aliphatic carbocycles. The first-order chi connectivity index (χ1) is 21.0. The first-order valence-corrected chi connectivity index (χ1v) is 15.6. The van der Waals surface area contributed by atoms with Gasteiger partial charge in [-0.15, -0.1) is 23.2 Å². The van der Waals surface area contributed by atoms with Crippen LogP contribution < -0.4 is 9.47 Å². The van der Waals surface area contributed by atoms with E-state index in [4.69, 9.17) is 65.4 Å². The zero-order chi connectivity index (χ0) is 31.3. The first-order valence-electron chi connectivity index (χ1n) is 14.0. The van der Waals surface area contributed by atoms with Gasteiger partial charge in [0, 0.05) is 44.7 Å². The highest BCUT2D eigenvalue weighted by molar-refractivity contribution is 6.30. The van der Waals surface area contributed by atoms with E-state index in [1.54, 1.807) is 50.5 Å². The number of aromatic nitrogens is 2. The largest absolute Gasteiger partial charge is 0.519 e. The lowest BCUT2D eigenvalue weighted by molar-refractivity contribution is 0.0324. The van der Waals surface area contributed by atoms with E-state index in [1.807, 2.05) is 38.1 Å². The summed E-state index contributed by atoms with van der Waals surface area (Å²) >= 11 is 25.4. The van der Waals surface area contributed by atoms with Gasteiger partial charge < -0.3 is 18.9 Å². The predicted octanol–water partition coefficient (Wildman–Crippen LogP) is 9.55. The van der Waals surface area contributed by atoms with Crippen molar-refractivity contribution in [3.63, 3.8) is 0 Å². The normalized spacial score (nSPS) is 21.8. The summed E-state index contributed by atoms with van der Waals surface area (Å²) in [5.74, 6) is 0.467. The fourth-order valence-electron chi connectivity index (χ4n) is 5.73. The Morgan fingerprint density at radius 3 is 1.41 bits per heavy atom. The van der Waals surface area contributed by atoms with Crippen LogP contribution in [0.4, 0.5) is 4.79 Å². The topological polar surface area (TPSA) is 79.8 Å². The van der Waals surface area contributed by atoms with Crippen LogP contribution >= 0.6 is 46.4 Å². The van der Waals surface area contributed by atoms with Gasteiger partial charge in [0.2, 0.25) is 0 Å². The van der Waals surface area contributed by atoms with Crippen molar-refractivity contribution >= 4 is 52.6 Å². The Balaban J connectivity index is 1.35. The molecule has 0 saturated carbocycles. The smallest absolute Gasteiger partial charge is 0.392 e. The SMILES string of the molecule is Cc1ncc2c(c1OC(=O)Oc1c(C)ncc3c1C(C(C)Cl)OC3c1ccc(Cl)cc1)C(C(C)Cl)OC2c1ccc(Cl)cc1. The van der Waals surface area contributed by atoms with Gasteiger partial charge in [0.25, 0.3) is 0 Å². The molecule has 6 atom stereocenters. The van der Waals surface area contributed by atoms with Crippen LogP contribution in [0.25, 0.3) is 0 Å². The molecule has 11 heteroatoms. The van der Waals surface area contributed by atoms with Crippen LogP contribution in [-0.2, 0) is 9.47 Å². The van der Waals surface area contributed by atoms with Crippen LogP contribution in [0.5, 0.6) is 11.5 Å². The molecule has 7 nitrogen and oxygen atoms in total. The van der Waals surface area contributed by atoms with Gasteiger partial charge in [-0.3, -0.25) is 9.97 Å². The molecule has 4 heterocycles. The minimum atomic E-state index is -0.964. The van der Waals surface area contributed by atoms with Crippen molar-refractivity contribution < 1.29 is 23.7 Å². The van der Waals surface area contributed by atoms with E-state index in [9.17, 15) is 4.79 Å². The Morgan fingerprint density at radius 2 is 1.07 bits per heavy atom. The number of nitrogens with zero attached hydrogens (tertiary/aromatic N) is 2. The molecule has 6 rings (SSSR count). The number of ether oxygens (including phenoxy) is 4. The van der Waals surface area contributed by atoms with E-state index >= 15 is 0 Å². The van der Waals surface area contributed by atoms with Crippen molar-refractivity contribution in [2.24, 2.45) is 0 Å². The number of fused-ring (bicyclic) bond motifs is 2. The van der Waals surface area contributed by atoms with Gasteiger partial charge in [-0.25, -0.2) is 4.79 Å². The monoisotopic (exact) mass is 672 g/mol. The van der Waals surface area contributed by atoms with Crippen LogP contribution in [0.15, 0.2) is 60.9 Å². The number of hydrogen-bond donors (Lipinski definition) is 0. The molecule has 2 aliphatic rings. The van der Waals surface area contributed by atoms with Crippen LogP contribution in [0.3, 0.4) is 0 Å². The van der Waals surface area contributed by atoms with Crippen molar-refractivity contribution in [3.05, 3.63) is 116 Å². The van der Waals surface area contributed by atoms with E-state index in [0.717, 1.165) is 22.3 Å². The highest BCUT2D eigenvalue weighted by atomic mass is 35.5. The lowest BCUT2D eigenvalue weighted by Gasteiger charge is -2.19. The molecule has 0 saturated heterocycles. The van der Waals surface area contributed by atoms with Gasteiger partial charge in [-0.1, -0.05) is 47.5 Å². The summed E-state index contributed by atoms with van der Waals surface area (Å²) in [5.41, 5.74) is 5.47. The number of alkyl halides is 2. The van der Waals surface area contributed by atoms with Gasteiger partial charge in [-0.2, -0.15) is 0 Å². The molecule has 2 aliphatic heterocycles. The summed E-state index contributed by atoms with van der Waals surface area (Å²) in [6, 6.07) is 14.7. The Kier molecular flexibility index (Phi) is 8.81. The van der Waals surface area contributed by atoms with Crippen molar-refractivity contribution in [1.82, 2.24) is 9.97 Å². The highest BCUT2D eigenvalue weighted by Crippen LogP contribution is 2.51. The van der Waals surface area contributed by atoms with Crippen LogP contribution in [0, 0.1) is 13.8 Å². The number of rotatable bonds is 6. The summed E-state index contributed by atoms with van der Waals surface area (Å²) in [6.07, 6.45) is 0.384. The second kappa shape index (κ2) is 12.5. The number of hydrogen-bond acceptors (Lipinski definition) is 7. The van der Waals surface area contributed by atoms with Crippen LogP contribution in [0.2, 0.25) is 10.0 Å². The average Bonchev–Trinajstić information content (AvgIpc) is 3.57. The maximum absolute atomic E-state index is 13.5. The third-order valence-corrected chi connectivity index (χ3v) is 8.77. The molecule has 4 aromatic rings. The summed E-state index contributed by atoms with van der Waals surface area (Å²) in [7, 11) is 0. The van der Waals surface area contributed by atoms with Gasteiger partial charge in [0.15, 0.2) is 11.5 Å². The van der Waals surface area contributed by atoms with Gasteiger partial charge in [0.1, 0.15) is 24.4 Å². The minimum absolute atomic E-state index is 0.234. The zero-order valence-corrected chi connectivity index (χ0v) is 27.2. The summed E-state index contributed by atoms with van der Waals surface area (Å²) < 4.78 is 24.6. The maximum Gasteiger partial charge on any atom is 0.519 e. The Hall–Kier alpha value is -2.91. The predicted molar refractivity (Wildman–Crippen MR) is 169 cm³/mol. The zero-order valence-electron chi connectivity index (χ0n) is 24.2. The van der Waals surface area contributed by atoms with Crippen molar-refractivity contribution in [3.8, 4) is 11.5 Å². The number of aryl methyl sites for hydroxylation is 2. The summed E-state index contributed by atoms with van der Waals surface area (Å²) in [4.78, 5) is 22.6. The Labute approximate surface area is 275 Å². The molecule has 2 aromatic heterocycles. The average molecular weight is 674 g/mol. The van der Waals surface area contributed by atoms with Crippen molar-refractivity contribution in [2.45, 2.75) is 62.9 Å². The second-order valence-electron chi connectivity index (χ2n) is 10.9. The van der Waals surface area contributed by atoms with Crippen molar-refractivity contribution in [1.29, 1.82) is 0 Å². The molecule has 0 N–H and O–H groups in total. The number of pyridine rings is 2. The molecular formula is C33H28Cl4N2O5. The number of carbonyl (C=O) groups excluding carboxylic acids is 1. The molecule has 0 fully saturated rings. The fourth-order valence-corrected chi connectivity index (χ4v) is 6.36. The molecule has 0 bridgehead atoms. The molecule has 6 unspecified atom stereocenters. The fraction of sp³-hybridized carbons (Fsp3) is 0.303. The molecule has 228 valence electrons. The van der Waals surface area contributed by atoms with Gasteiger partial charge in [-0.05, 0) is 63.1 Å². The standard InChI is InChI=1S/C33H28Cl4N2O5/c1-15(34)27-25-23(31(41-27)19-5-9-21(36)10-6-19)13-38-17(3)29(25)43-33(40)44-30-18(4)39-14-24-26(30)28(16(2)35)42-32(24)20-7-11-22(37)12-8-20/h5-16,27-28,31-32H,1-4H3. The van der Waals surface area contributed by atoms with E-state index in [1.165, 1.54) is 0 Å². The Bertz CT molecular complexity index is 1590. The number of carbonyl (C=O) groups is 1. The maximum atomic E-state index is 13.5. The molecule has 2 aromatic carbocycles. The molecule has 0 radical (unpaired) electrons. The molecule has 0 spiro atoms. The molecular weight excluding hydrogens is 646 g/mol. The lowest BCUT2D eigenvalue weighted by atomic mass is 9.97. The summed E-state index contributed by atoms with van der Waals surface area (Å²) in [6.45, 7) is 7.14. The van der Waals surface area contributed by atoms with Crippen molar-refractivity contribution in [2.75, 3.05) is 0 Å². The first kappa shape index (κ1) is 31.1. The van der Waals surface area contributed by atoms with E-state index < -0.39 is 41.3 Å². The van der Waals surface area contributed by atoms with E-state index in [-0.39, 0.29) is 11.5 Å². The quantitative estimate of drug-likeness (QED) is 0.149. The Morgan fingerprint density at radius 1 is 0.705 bits per heavy atom. The van der Waals surface area contributed by atoms with Crippen LogP contribution in [-0.4, -0.2) is 26.9 Å². The summed E-state index contributed by atoms with van der Waals surface area (Å²) in [5, 5.41) is 0.331. The highest BCUT2D eigenvalue weighted by Gasteiger charge is 2.42. The minimum Gasteiger partial charge on any atom is -0.392 e. The van der Waals surface area contributed by atoms with Crippen LogP contribution in [0.1, 0.15) is 83.0 Å². The van der Waals surface area contributed by atoms with Gasteiger partial charge in [0.05, 0.1) is 22.1 Å². The van der Waals surface area contributed by atoms with E-state index in [0.29, 0.717) is 32.6 Å².